The summed E-state index contributed by atoms with van der Waals surface area (Å²) in [5.74, 6) is 0.917. The predicted octanol–water partition coefficient (Wildman–Crippen LogP) is 4.03. The number of likely N-dealkylation sites (N-methyl/N-ethyl adjacent to an activating group) is 1. The molecule has 3 heterocycles. The van der Waals surface area contributed by atoms with Gasteiger partial charge in [0.15, 0.2) is 0 Å². The van der Waals surface area contributed by atoms with Gasteiger partial charge >= 0.3 is 5.97 Å². The molecule has 1 fully saturated rings. The number of carboxylic acid groups (broad SMARTS) is 1. The third kappa shape index (κ3) is 3.97. The van der Waals surface area contributed by atoms with Crippen LogP contribution in [0.1, 0.15) is 31.9 Å². The summed E-state index contributed by atoms with van der Waals surface area (Å²) in [6.07, 6.45) is 0.231. The topological polar surface area (TPSA) is 84.8 Å². The number of carbonyl (C=O) groups is 1. The summed E-state index contributed by atoms with van der Waals surface area (Å²) < 4.78 is 11.7. The Morgan fingerprint density at radius 1 is 1.30 bits per heavy atom. The Morgan fingerprint density at radius 3 is 2.73 bits per heavy atom. The molecule has 158 valence electrons. The first-order valence-electron chi connectivity index (χ1n) is 9.90. The van der Waals surface area contributed by atoms with E-state index in [9.17, 15) is 9.90 Å². The lowest BCUT2D eigenvalue weighted by atomic mass is 10.1. The molecule has 0 radical (unpaired) electrons. The molecule has 1 saturated heterocycles. The van der Waals surface area contributed by atoms with Crippen LogP contribution in [-0.2, 0) is 4.79 Å². The number of carboxylic acids is 1. The minimum absolute atomic E-state index is 0.209. The van der Waals surface area contributed by atoms with Crippen molar-refractivity contribution in [2.24, 2.45) is 0 Å². The third-order valence-corrected chi connectivity index (χ3v) is 6.28. The summed E-state index contributed by atoms with van der Waals surface area (Å²) in [4.78, 5) is 22.8. The largest absolute Gasteiger partial charge is 0.497 e. The average Bonchev–Trinajstić information content (AvgIpc) is 3.34. The van der Waals surface area contributed by atoms with E-state index >= 15 is 0 Å². The van der Waals surface area contributed by atoms with E-state index in [2.05, 4.69) is 19.2 Å². The number of nitrogens with zero attached hydrogens (tertiary/aromatic N) is 3. The molecule has 1 aromatic carbocycles. The van der Waals surface area contributed by atoms with Crippen molar-refractivity contribution in [3.63, 3.8) is 0 Å². The number of aromatic nitrogens is 2. The molecule has 1 aliphatic heterocycles. The van der Waals surface area contributed by atoms with Crippen molar-refractivity contribution >= 4 is 28.2 Å². The van der Waals surface area contributed by atoms with Gasteiger partial charge in [0.05, 0.1) is 18.3 Å². The number of hydrogen-bond donors (Lipinski definition) is 1. The minimum atomic E-state index is -0.822. The van der Waals surface area contributed by atoms with E-state index in [0.717, 1.165) is 27.3 Å². The van der Waals surface area contributed by atoms with Gasteiger partial charge in [-0.25, -0.2) is 9.97 Å². The number of thiazole rings is 1. The van der Waals surface area contributed by atoms with Gasteiger partial charge in [-0.15, -0.1) is 11.3 Å². The van der Waals surface area contributed by atoms with Crippen LogP contribution in [0.5, 0.6) is 11.5 Å². The van der Waals surface area contributed by atoms with Crippen molar-refractivity contribution in [1.29, 1.82) is 0 Å². The van der Waals surface area contributed by atoms with Gasteiger partial charge in [-0.3, -0.25) is 9.69 Å². The summed E-state index contributed by atoms with van der Waals surface area (Å²) in [5.41, 5.74) is 2.53. The SMILES string of the molecule is COc1ccc2c(OC3CC(C(=O)O)N(C)C3)cc(-c3nc(C(C)C)cs3)nc2c1. The molecule has 0 amide bonds. The normalized spacial score (nSPS) is 19.5. The average molecular weight is 428 g/mol. The van der Waals surface area contributed by atoms with E-state index in [0.29, 0.717) is 30.4 Å². The van der Waals surface area contributed by atoms with Gasteiger partial charge in [0.1, 0.15) is 34.3 Å². The van der Waals surface area contributed by atoms with Crippen LogP contribution in [0.15, 0.2) is 29.6 Å². The Labute approximate surface area is 179 Å². The fourth-order valence-electron chi connectivity index (χ4n) is 3.69. The summed E-state index contributed by atoms with van der Waals surface area (Å²) in [6, 6.07) is 7.05. The number of likely N-dealkylation sites (tertiary alicyclic amines) is 1. The highest BCUT2D eigenvalue weighted by Crippen LogP contribution is 2.35. The highest BCUT2D eigenvalue weighted by atomic mass is 32.1. The monoisotopic (exact) mass is 427 g/mol. The fourth-order valence-corrected chi connectivity index (χ4v) is 4.63. The lowest BCUT2D eigenvalue weighted by Gasteiger charge is -2.16. The zero-order valence-corrected chi connectivity index (χ0v) is 18.3. The molecule has 0 bridgehead atoms. The maximum Gasteiger partial charge on any atom is 0.321 e. The second kappa shape index (κ2) is 8.20. The van der Waals surface area contributed by atoms with E-state index in [4.69, 9.17) is 19.4 Å². The zero-order chi connectivity index (χ0) is 21.4. The van der Waals surface area contributed by atoms with Gasteiger partial charge in [-0.2, -0.15) is 0 Å². The summed E-state index contributed by atoms with van der Waals surface area (Å²) in [5, 5.41) is 13.2. The maximum absolute atomic E-state index is 11.5. The van der Waals surface area contributed by atoms with E-state index in [1.54, 1.807) is 18.4 Å². The predicted molar refractivity (Wildman–Crippen MR) is 117 cm³/mol. The summed E-state index contributed by atoms with van der Waals surface area (Å²) in [6.45, 7) is 4.78. The molecule has 1 aliphatic rings. The molecule has 2 unspecified atom stereocenters. The summed E-state index contributed by atoms with van der Waals surface area (Å²) in [7, 11) is 3.44. The molecule has 2 aromatic heterocycles. The number of rotatable bonds is 6. The molecule has 2 atom stereocenters. The van der Waals surface area contributed by atoms with Crippen molar-refractivity contribution in [2.45, 2.75) is 38.3 Å². The highest BCUT2D eigenvalue weighted by Gasteiger charge is 2.36. The maximum atomic E-state index is 11.5. The number of pyridine rings is 1. The lowest BCUT2D eigenvalue weighted by molar-refractivity contribution is -0.141. The first-order valence-corrected chi connectivity index (χ1v) is 10.8. The molecule has 0 saturated carbocycles. The van der Waals surface area contributed by atoms with E-state index in [1.165, 1.54) is 0 Å². The number of fused-ring (bicyclic) bond motifs is 1. The van der Waals surface area contributed by atoms with Crippen LogP contribution in [0.4, 0.5) is 0 Å². The molecule has 1 N–H and O–H groups in total. The van der Waals surface area contributed by atoms with Crippen LogP contribution in [0.3, 0.4) is 0 Å². The van der Waals surface area contributed by atoms with E-state index < -0.39 is 12.0 Å². The van der Waals surface area contributed by atoms with E-state index in [1.807, 2.05) is 36.2 Å². The second-order valence-corrected chi connectivity index (χ2v) is 8.75. The Kier molecular flexibility index (Phi) is 5.62. The van der Waals surface area contributed by atoms with Crippen LogP contribution >= 0.6 is 11.3 Å². The minimum Gasteiger partial charge on any atom is -0.497 e. The van der Waals surface area contributed by atoms with Gasteiger partial charge in [-0.05, 0) is 25.1 Å². The molecular formula is C22H25N3O4S. The Bertz CT molecular complexity index is 1080. The first kappa shape index (κ1) is 20.6. The van der Waals surface area contributed by atoms with Crippen molar-refractivity contribution in [2.75, 3.05) is 20.7 Å². The van der Waals surface area contributed by atoms with Crippen LogP contribution in [0, 0.1) is 0 Å². The molecule has 30 heavy (non-hydrogen) atoms. The van der Waals surface area contributed by atoms with Gasteiger partial charge in [-0.1, -0.05) is 13.8 Å². The first-order chi connectivity index (χ1) is 14.4. The van der Waals surface area contributed by atoms with Crippen LogP contribution in [0.2, 0.25) is 0 Å². The Morgan fingerprint density at radius 2 is 2.10 bits per heavy atom. The van der Waals surface area contributed by atoms with Crippen molar-refractivity contribution < 1.29 is 19.4 Å². The molecule has 0 aliphatic carbocycles. The van der Waals surface area contributed by atoms with Gasteiger partial charge in [0.25, 0.3) is 0 Å². The molecule has 8 heteroatoms. The van der Waals surface area contributed by atoms with E-state index in [-0.39, 0.29) is 6.10 Å². The van der Waals surface area contributed by atoms with Crippen LogP contribution in [0.25, 0.3) is 21.6 Å². The van der Waals surface area contributed by atoms with Crippen LogP contribution in [-0.4, -0.2) is 58.8 Å². The second-order valence-electron chi connectivity index (χ2n) is 7.89. The third-order valence-electron chi connectivity index (χ3n) is 5.40. The number of benzene rings is 1. The molecule has 3 aromatic rings. The Hall–Kier alpha value is -2.71. The smallest absolute Gasteiger partial charge is 0.321 e. The standard InChI is InChI=1S/C22H25N3O4S/c1-12(2)18-11-30-21(24-18)17-9-20(15-6-5-13(28-4)7-16(15)23-17)29-14-8-19(22(26)27)25(3)10-14/h5-7,9,11-12,14,19H,8,10H2,1-4H3,(H,26,27). The lowest BCUT2D eigenvalue weighted by Crippen LogP contribution is -2.32. The molecule has 7 nitrogen and oxygen atoms in total. The zero-order valence-electron chi connectivity index (χ0n) is 17.5. The quantitative estimate of drug-likeness (QED) is 0.636. The van der Waals surface area contributed by atoms with Gasteiger partial charge < -0.3 is 14.6 Å². The van der Waals surface area contributed by atoms with Gasteiger partial charge in [0.2, 0.25) is 0 Å². The van der Waals surface area contributed by atoms with Crippen molar-refractivity contribution in [3.05, 3.63) is 35.3 Å². The number of methoxy groups -OCH3 is 1. The summed E-state index contributed by atoms with van der Waals surface area (Å²) >= 11 is 1.56. The Balaban J connectivity index is 1.74. The van der Waals surface area contributed by atoms with Crippen LogP contribution < -0.4 is 9.47 Å². The molecule has 0 spiro atoms. The molecular weight excluding hydrogens is 402 g/mol. The number of hydrogen-bond acceptors (Lipinski definition) is 7. The number of ether oxygens (including phenoxy) is 2. The van der Waals surface area contributed by atoms with Gasteiger partial charge in [0, 0.05) is 35.9 Å². The fraction of sp³-hybridized carbons (Fsp3) is 0.409. The highest BCUT2D eigenvalue weighted by molar-refractivity contribution is 7.13. The molecule has 4 rings (SSSR count). The van der Waals surface area contributed by atoms with Crippen molar-refractivity contribution in [3.8, 4) is 22.2 Å². The van der Waals surface area contributed by atoms with Crippen molar-refractivity contribution in [1.82, 2.24) is 14.9 Å². The number of aliphatic carboxylic acids is 1.